The maximum Gasteiger partial charge on any atom is 0.191 e. The van der Waals surface area contributed by atoms with Gasteiger partial charge in [0.2, 0.25) is 0 Å². The first kappa shape index (κ1) is 16.4. The molecule has 0 bridgehead atoms. The highest BCUT2D eigenvalue weighted by Gasteiger charge is 2.34. The lowest BCUT2D eigenvalue weighted by molar-refractivity contribution is 0.0385. The molecule has 3 rings (SSSR count). The first-order valence-electron chi connectivity index (χ1n) is 8.82. The summed E-state index contributed by atoms with van der Waals surface area (Å²) >= 11 is 0. The summed E-state index contributed by atoms with van der Waals surface area (Å²) in [5.41, 5.74) is -1.05. The van der Waals surface area contributed by atoms with Crippen LogP contribution in [0.5, 0.6) is 0 Å². The fourth-order valence-corrected chi connectivity index (χ4v) is 4.15. The molecule has 0 spiro atoms. The van der Waals surface area contributed by atoms with Crippen molar-refractivity contribution in [1.29, 1.82) is 0 Å². The van der Waals surface area contributed by atoms with Crippen LogP contribution in [0.4, 0.5) is 0 Å². The van der Waals surface area contributed by atoms with Gasteiger partial charge in [0.15, 0.2) is 5.96 Å². The van der Waals surface area contributed by atoms with Gasteiger partial charge in [-0.2, -0.15) is 0 Å². The van der Waals surface area contributed by atoms with Crippen molar-refractivity contribution in [3.8, 4) is 0 Å². The molecule has 128 valence electrons. The topological polar surface area (TPSA) is 69.8 Å². The van der Waals surface area contributed by atoms with Gasteiger partial charge in [0.1, 0.15) is 11.4 Å². The second kappa shape index (κ2) is 6.95. The second-order valence-electron chi connectivity index (χ2n) is 7.28. The molecule has 4 unspecified atom stereocenters. The predicted molar refractivity (Wildman–Crippen MR) is 91.2 cm³/mol. The highest BCUT2D eigenvalue weighted by Crippen LogP contribution is 2.42. The summed E-state index contributed by atoms with van der Waals surface area (Å²) in [7, 11) is 1.78. The number of hydrogen-bond donors (Lipinski definition) is 3. The fraction of sp³-hybridized carbons (Fsp3) is 0.722. The summed E-state index contributed by atoms with van der Waals surface area (Å²) in [6, 6.07) is 4.07. The third-order valence-corrected chi connectivity index (χ3v) is 5.51. The summed E-state index contributed by atoms with van der Waals surface area (Å²) in [5, 5.41) is 17.3. The number of nitrogens with one attached hydrogen (secondary N) is 2. The van der Waals surface area contributed by atoms with Gasteiger partial charge in [-0.15, -0.1) is 0 Å². The van der Waals surface area contributed by atoms with E-state index in [1.165, 1.54) is 38.5 Å². The number of hydrogen-bond acceptors (Lipinski definition) is 3. The van der Waals surface area contributed by atoms with Crippen molar-refractivity contribution in [2.24, 2.45) is 16.8 Å². The zero-order valence-electron chi connectivity index (χ0n) is 14.2. The summed E-state index contributed by atoms with van der Waals surface area (Å²) in [6.07, 6.45) is 9.61. The maximum absolute atomic E-state index is 10.5. The van der Waals surface area contributed by atoms with E-state index >= 15 is 0 Å². The van der Waals surface area contributed by atoms with Gasteiger partial charge in [0, 0.05) is 13.1 Å². The summed E-state index contributed by atoms with van der Waals surface area (Å²) in [6.45, 7) is 2.11. The number of fused-ring (bicyclic) bond motifs is 1. The zero-order valence-corrected chi connectivity index (χ0v) is 14.2. The minimum Gasteiger partial charge on any atom is -0.466 e. The minimum absolute atomic E-state index is 0.360. The zero-order chi connectivity index (χ0) is 16.3. The Morgan fingerprint density at radius 3 is 2.91 bits per heavy atom. The van der Waals surface area contributed by atoms with Crippen LogP contribution in [-0.2, 0) is 5.60 Å². The van der Waals surface area contributed by atoms with Gasteiger partial charge in [0.05, 0.1) is 12.8 Å². The van der Waals surface area contributed by atoms with E-state index < -0.39 is 5.60 Å². The Morgan fingerprint density at radius 2 is 2.17 bits per heavy atom. The van der Waals surface area contributed by atoms with Crippen LogP contribution in [0, 0.1) is 11.8 Å². The smallest absolute Gasteiger partial charge is 0.191 e. The maximum atomic E-state index is 10.5. The van der Waals surface area contributed by atoms with E-state index in [4.69, 9.17) is 4.42 Å². The Morgan fingerprint density at radius 1 is 1.35 bits per heavy atom. The van der Waals surface area contributed by atoms with Crippen LogP contribution in [0.1, 0.15) is 51.2 Å². The summed E-state index contributed by atoms with van der Waals surface area (Å²) < 4.78 is 5.31. The molecule has 3 N–H and O–H groups in total. The number of nitrogens with zero attached hydrogens (tertiary/aromatic N) is 1. The van der Waals surface area contributed by atoms with Crippen LogP contribution >= 0.6 is 0 Å². The Bertz CT molecular complexity index is 524. The number of guanidine groups is 1. The van der Waals surface area contributed by atoms with Crippen molar-refractivity contribution in [1.82, 2.24) is 10.6 Å². The van der Waals surface area contributed by atoms with Crippen LogP contribution in [0.15, 0.2) is 27.8 Å². The van der Waals surface area contributed by atoms with Crippen LogP contribution < -0.4 is 10.6 Å². The molecule has 1 heterocycles. The van der Waals surface area contributed by atoms with Gasteiger partial charge in [0.25, 0.3) is 0 Å². The molecular weight excluding hydrogens is 290 g/mol. The van der Waals surface area contributed by atoms with E-state index in [9.17, 15) is 5.11 Å². The van der Waals surface area contributed by atoms with Crippen LogP contribution in [0.2, 0.25) is 0 Å². The van der Waals surface area contributed by atoms with E-state index in [0.717, 1.165) is 17.8 Å². The van der Waals surface area contributed by atoms with E-state index in [1.807, 2.05) is 0 Å². The highest BCUT2D eigenvalue weighted by atomic mass is 16.4. The van der Waals surface area contributed by atoms with Gasteiger partial charge < -0.3 is 20.2 Å². The molecule has 2 aliphatic carbocycles. The molecule has 23 heavy (non-hydrogen) atoms. The third kappa shape index (κ3) is 3.89. The Hall–Kier alpha value is -1.49. The van der Waals surface area contributed by atoms with Gasteiger partial charge >= 0.3 is 0 Å². The van der Waals surface area contributed by atoms with Gasteiger partial charge in [-0.25, -0.2) is 0 Å². The Balaban J connectivity index is 1.50. The van der Waals surface area contributed by atoms with Crippen molar-refractivity contribution in [3.05, 3.63) is 24.2 Å². The lowest BCUT2D eigenvalue weighted by Crippen LogP contribution is -2.49. The largest absolute Gasteiger partial charge is 0.466 e. The van der Waals surface area contributed by atoms with E-state index in [1.54, 1.807) is 32.4 Å². The molecular formula is C18H29N3O2. The standard InChI is InChI=1S/C18H29N3O2/c1-18(22,16-7-4-10-23-16)12-20-17(19-2)21-15-9-8-13-5-3-6-14(13)11-15/h4,7,10,13-15,22H,3,5-6,8-9,11-12H2,1-2H3,(H2,19,20,21). The minimum atomic E-state index is -1.05. The molecule has 0 aromatic carbocycles. The summed E-state index contributed by atoms with van der Waals surface area (Å²) in [4.78, 5) is 4.30. The predicted octanol–water partition coefficient (Wildman–Crippen LogP) is 2.62. The average molecular weight is 319 g/mol. The third-order valence-electron chi connectivity index (χ3n) is 5.51. The van der Waals surface area contributed by atoms with Crippen molar-refractivity contribution < 1.29 is 9.52 Å². The lowest BCUT2D eigenvalue weighted by Gasteiger charge is -2.33. The van der Waals surface area contributed by atoms with Gasteiger partial charge in [-0.3, -0.25) is 4.99 Å². The number of aliphatic imine (C=N–C) groups is 1. The van der Waals surface area contributed by atoms with Crippen LogP contribution in [-0.4, -0.2) is 30.7 Å². The lowest BCUT2D eigenvalue weighted by atomic mass is 9.79. The molecule has 4 atom stereocenters. The molecule has 0 saturated heterocycles. The summed E-state index contributed by atoms with van der Waals surface area (Å²) in [5.74, 6) is 3.18. The van der Waals surface area contributed by atoms with Crippen LogP contribution in [0.3, 0.4) is 0 Å². The van der Waals surface area contributed by atoms with Crippen LogP contribution in [0.25, 0.3) is 0 Å². The molecule has 5 heteroatoms. The first-order chi connectivity index (χ1) is 11.1. The highest BCUT2D eigenvalue weighted by molar-refractivity contribution is 5.80. The quantitative estimate of drug-likeness (QED) is 0.589. The molecule has 2 aliphatic rings. The molecule has 1 aromatic rings. The SMILES string of the molecule is CN=C(NCC(C)(O)c1ccco1)NC1CCC2CCCC2C1. The van der Waals surface area contributed by atoms with Gasteiger partial charge in [-0.1, -0.05) is 19.3 Å². The number of furan rings is 1. The number of aliphatic hydroxyl groups is 1. The first-order valence-corrected chi connectivity index (χ1v) is 8.82. The molecule has 5 nitrogen and oxygen atoms in total. The number of rotatable bonds is 4. The van der Waals surface area contributed by atoms with E-state index in [2.05, 4.69) is 15.6 Å². The van der Waals surface area contributed by atoms with Crippen molar-refractivity contribution >= 4 is 5.96 Å². The van der Waals surface area contributed by atoms with E-state index in [0.29, 0.717) is 18.3 Å². The molecule has 2 saturated carbocycles. The fourth-order valence-electron chi connectivity index (χ4n) is 4.15. The molecule has 0 aliphatic heterocycles. The van der Waals surface area contributed by atoms with Gasteiger partial charge in [-0.05, 0) is 50.2 Å². The molecule has 2 fully saturated rings. The normalized spacial score (nSPS) is 30.6. The molecule has 0 amide bonds. The van der Waals surface area contributed by atoms with Crippen molar-refractivity contribution in [3.63, 3.8) is 0 Å². The van der Waals surface area contributed by atoms with Crippen molar-refractivity contribution in [2.45, 2.75) is 57.1 Å². The van der Waals surface area contributed by atoms with E-state index in [-0.39, 0.29) is 0 Å². The Kier molecular flexibility index (Phi) is 4.95. The molecule has 1 aromatic heterocycles. The second-order valence-corrected chi connectivity index (χ2v) is 7.28. The monoisotopic (exact) mass is 319 g/mol. The average Bonchev–Trinajstić information content (AvgIpc) is 3.22. The Labute approximate surface area is 138 Å². The van der Waals surface area contributed by atoms with Crippen molar-refractivity contribution in [2.75, 3.05) is 13.6 Å². The molecule has 0 radical (unpaired) electrons.